The van der Waals surface area contributed by atoms with Crippen LogP contribution in [0.25, 0.3) is 5.69 Å². The summed E-state index contributed by atoms with van der Waals surface area (Å²) in [4.78, 5) is 0. The molecule has 0 bridgehead atoms. The quantitative estimate of drug-likeness (QED) is 0.784. The van der Waals surface area contributed by atoms with Crippen LogP contribution in [0.4, 0.5) is 0 Å². The molecule has 0 atom stereocenters. The largest absolute Gasteiger partial charge is 0.240 e. The highest BCUT2D eigenvalue weighted by Gasteiger charge is 2.04. The van der Waals surface area contributed by atoms with Gasteiger partial charge in [0.1, 0.15) is 0 Å². The number of hydrogen-bond donors (Lipinski definition) is 0. The molecule has 0 aliphatic rings. The molecule has 90 valence electrons. The van der Waals surface area contributed by atoms with E-state index in [1.54, 1.807) is 0 Å². The van der Waals surface area contributed by atoms with Crippen molar-refractivity contribution in [1.29, 1.82) is 0 Å². The number of rotatable bonds is 4. The van der Waals surface area contributed by atoms with Crippen molar-refractivity contribution < 1.29 is 0 Å². The summed E-state index contributed by atoms with van der Waals surface area (Å²) in [7, 11) is 0. The number of nitrogens with zero attached hydrogens (tertiary/aromatic N) is 2. The van der Waals surface area contributed by atoms with Crippen molar-refractivity contribution in [2.45, 2.75) is 26.7 Å². The van der Waals surface area contributed by atoms with Gasteiger partial charge in [-0.3, -0.25) is 0 Å². The lowest BCUT2D eigenvalue weighted by molar-refractivity contribution is 0.869. The number of halogens is 1. The molecule has 0 amide bonds. The van der Waals surface area contributed by atoms with Crippen molar-refractivity contribution in [3.05, 3.63) is 47.3 Å². The Morgan fingerprint density at radius 2 is 2.12 bits per heavy atom. The normalized spacial score (nSPS) is 10.8. The number of hydrogen-bond acceptors (Lipinski definition) is 1. The molecule has 17 heavy (non-hydrogen) atoms. The fourth-order valence-corrected chi connectivity index (χ4v) is 2.14. The first kappa shape index (κ1) is 12.4. The van der Waals surface area contributed by atoms with Crippen molar-refractivity contribution >= 4 is 15.9 Å². The van der Waals surface area contributed by atoms with Crippen LogP contribution in [0.3, 0.4) is 0 Å². The van der Waals surface area contributed by atoms with Crippen LogP contribution < -0.4 is 0 Å². The SMILES string of the molecule is Cc1ccc(C)c(-n2cc(CCCBr)cn2)c1. The lowest BCUT2D eigenvalue weighted by Gasteiger charge is -2.06. The fraction of sp³-hybridized carbons (Fsp3) is 0.357. The molecule has 0 aliphatic carbocycles. The Morgan fingerprint density at radius 1 is 1.29 bits per heavy atom. The van der Waals surface area contributed by atoms with E-state index in [2.05, 4.69) is 59.3 Å². The molecule has 2 aromatic rings. The Morgan fingerprint density at radius 3 is 2.88 bits per heavy atom. The van der Waals surface area contributed by atoms with E-state index in [0.717, 1.165) is 18.2 Å². The Labute approximate surface area is 111 Å². The second-order valence-corrected chi connectivity index (χ2v) is 5.17. The first-order chi connectivity index (χ1) is 8.20. The topological polar surface area (TPSA) is 17.8 Å². The minimum Gasteiger partial charge on any atom is -0.240 e. The first-order valence-corrected chi connectivity index (χ1v) is 7.00. The van der Waals surface area contributed by atoms with Crippen LogP contribution in [0.1, 0.15) is 23.1 Å². The van der Waals surface area contributed by atoms with E-state index in [9.17, 15) is 0 Å². The van der Waals surface area contributed by atoms with Gasteiger partial charge in [-0.25, -0.2) is 4.68 Å². The number of benzene rings is 1. The smallest absolute Gasteiger partial charge is 0.0677 e. The lowest BCUT2D eigenvalue weighted by Crippen LogP contribution is -1.97. The average molecular weight is 293 g/mol. The third-order valence-electron chi connectivity index (χ3n) is 2.85. The molecule has 1 heterocycles. The molecule has 0 saturated heterocycles. The highest BCUT2D eigenvalue weighted by atomic mass is 79.9. The Balaban J connectivity index is 2.27. The molecule has 0 saturated carbocycles. The number of alkyl halides is 1. The van der Waals surface area contributed by atoms with Crippen LogP contribution in [0.2, 0.25) is 0 Å². The zero-order valence-electron chi connectivity index (χ0n) is 10.3. The average Bonchev–Trinajstić information content (AvgIpc) is 2.78. The van der Waals surface area contributed by atoms with Gasteiger partial charge >= 0.3 is 0 Å². The maximum atomic E-state index is 4.44. The summed E-state index contributed by atoms with van der Waals surface area (Å²) in [5.41, 5.74) is 4.99. The van der Waals surface area contributed by atoms with E-state index in [1.807, 2.05) is 10.9 Å². The first-order valence-electron chi connectivity index (χ1n) is 5.88. The molecule has 0 radical (unpaired) electrons. The molecule has 0 aliphatic heterocycles. The molecule has 3 heteroatoms. The Bertz CT molecular complexity index is 503. The van der Waals surface area contributed by atoms with Crippen LogP contribution in [0.5, 0.6) is 0 Å². The Kier molecular flexibility index (Phi) is 4.00. The molecular weight excluding hydrogens is 276 g/mol. The van der Waals surface area contributed by atoms with Gasteiger partial charge in [0.25, 0.3) is 0 Å². The third-order valence-corrected chi connectivity index (χ3v) is 3.41. The van der Waals surface area contributed by atoms with Gasteiger partial charge in [0.05, 0.1) is 11.9 Å². The van der Waals surface area contributed by atoms with E-state index in [4.69, 9.17) is 0 Å². The predicted octanol–water partition coefficient (Wildman–Crippen LogP) is 3.82. The summed E-state index contributed by atoms with van der Waals surface area (Å²) in [6.07, 6.45) is 6.32. The van der Waals surface area contributed by atoms with Crippen LogP contribution in [0, 0.1) is 13.8 Å². The monoisotopic (exact) mass is 292 g/mol. The highest BCUT2D eigenvalue weighted by Crippen LogP contribution is 2.16. The van der Waals surface area contributed by atoms with E-state index < -0.39 is 0 Å². The van der Waals surface area contributed by atoms with Crippen molar-refractivity contribution in [2.75, 3.05) is 5.33 Å². The van der Waals surface area contributed by atoms with Gasteiger partial charge < -0.3 is 0 Å². The summed E-state index contributed by atoms with van der Waals surface area (Å²) in [5.74, 6) is 0. The minimum atomic E-state index is 1.04. The predicted molar refractivity (Wildman–Crippen MR) is 75.2 cm³/mol. The summed E-state index contributed by atoms with van der Waals surface area (Å²) < 4.78 is 1.98. The maximum Gasteiger partial charge on any atom is 0.0677 e. The van der Waals surface area contributed by atoms with E-state index in [0.29, 0.717) is 0 Å². The zero-order chi connectivity index (χ0) is 12.3. The summed E-state index contributed by atoms with van der Waals surface area (Å²) >= 11 is 3.45. The molecule has 1 aromatic heterocycles. The van der Waals surface area contributed by atoms with Gasteiger partial charge in [-0.1, -0.05) is 28.1 Å². The Hall–Kier alpha value is -1.09. The summed E-state index contributed by atoms with van der Waals surface area (Å²) in [6.45, 7) is 4.23. The third kappa shape index (κ3) is 2.97. The van der Waals surface area contributed by atoms with Crippen LogP contribution >= 0.6 is 15.9 Å². The van der Waals surface area contributed by atoms with Gasteiger partial charge in [-0.05, 0) is 49.4 Å². The minimum absolute atomic E-state index is 1.04. The van der Waals surface area contributed by atoms with Gasteiger partial charge in [0, 0.05) is 11.5 Å². The zero-order valence-corrected chi connectivity index (χ0v) is 11.9. The van der Waals surface area contributed by atoms with Crippen LogP contribution in [-0.4, -0.2) is 15.1 Å². The molecular formula is C14H17BrN2. The number of aryl methyl sites for hydroxylation is 3. The second kappa shape index (κ2) is 5.50. The van der Waals surface area contributed by atoms with E-state index >= 15 is 0 Å². The van der Waals surface area contributed by atoms with Crippen LogP contribution in [-0.2, 0) is 6.42 Å². The molecule has 0 spiro atoms. The van der Waals surface area contributed by atoms with E-state index in [-0.39, 0.29) is 0 Å². The van der Waals surface area contributed by atoms with Gasteiger partial charge in [-0.15, -0.1) is 0 Å². The fourth-order valence-electron chi connectivity index (χ4n) is 1.86. The van der Waals surface area contributed by atoms with E-state index in [1.165, 1.54) is 22.4 Å². The molecule has 2 rings (SSSR count). The molecule has 0 fully saturated rings. The van der Waals surface area contributed by atoms with Crippen molar-refractivity contribution in [1.82, 2.24) is 9.78 Å². The molecule has 1 aromatic carbocycles. The van der Waals surface area contributed by atoms with Crippen molar-refractivity contribution in [3.8, 4) is 5.69 Å². The van der Waals surface area contributed by atoms with Crippen molar-refractivity contribution in [3.63, 3.8) is 0 Å². The summed E-state index contributed by atoms with van der Waals surface area (Å²) in [5, 5.41) is 5.49. The lowest BCUT2D eigenvalue weighted by atomic mass is 10.1. The second-order valence-electron chi connectivity index (χ2n) is 4.38. The van der Waals surface area contributed by atoms with Crippen molar-refractivity contribution in [2.24, 2.45) is 0 Å². The van der Waals surface area contributed by atoms with Crippen LogP contribution in [0.15, 0.2) is 30.6 Å². The number of aromatic nitrogens is 2. The highest BCUT2D eigenvalue weighted by molar-refractivity contribution is 9.09. The summed E-state index contributed by atoms with van der Waals surface area (Å²) in [6, 6.07) is 6.45. The standard InChI is InChI=1S/C14H17BrN2/c1-11-5-6-12(2)14(8-11)17-10-13(9-16-17)4-3-7-15/h5-6,8-10H,3-4,7H2,1-2H3. The van der Waals surface area contributed by atoms with Gasteiger partial charge in [0.2, 0.25) is 0 Å². The maximum absolute atomic E-state index is 4.44. The molecule has 0 N–H and O–H groups in total. The van der Waals surface area contributed by atoms with Gasteiger partial charge in [-0.2, -0.15) is 5.10 Å². The molecule has 0 unspecified atom stereocenters. The molecule has 2 nitrogen and oxygen atoms in total. The van der Waals surface area contributed by atoms with Gasteiger partial charge in [0.15, 0.2) is 0 Å².